The zero-order chi connectivity index (χ0) is 15.8. The fourth-order valence-corrected chi connectivity index (χ4v) is 2.39. The highest BCUT2D eigenvalue weighted by Gasteiger charge is 2.58. The number of likely N-dealkylation sites (tertiary alicyclic amines) is 1. The molecule has 0 saturated carbocycles. The number of nitrogens with zero attached hydrogens (tertiary/aromatic N) is 1. The molecule has 0 aliphatic carbocycles. The largest absolute Gasteiger partial charge is 0.444 e. The van der Waals surface area contributed by atoms with Crippen molar-refractivity contribution >= 4 is 23.3 Å². The molecule has 0 unspecified atom stereocenters. The molecule has 1 amide bonds. The van der Waals surface area contributed by atoms with Crippen LogP contribution in [0.5, 0.6) is 0 Å². The standard InChI is InChI=1S/C12H19F3N2O2S/c1-10(2,3)19-9(18)17-6-4-11(5-7-17,8(16)20)12(13,14)15/h4-7H2,1-3H3,(H2,16,20). The molecule has 0 aromatic carbocycles. The van der Waals surface area contributed by atoms with Crippen molar-refractivity contribution in [1.82, 2.24) is 4.90 Å². The van der Waals surface area contributed by atoms with Gasteiger partial charge in [-0.15, -0.1) is 0 Å². The molecule has 1 saturated heterocycles. The number of amides is 1. The number of piperidine rings is 1. The van der Waals surface area contributed by atoms with Crippen molar-refractivity contribution in [2.24, 2.45) is 11.1 Å². The Hall–Kier alpha value is -1.05. The fourth-order valence-electron chi connectivity index (χ4n) is 2.07. The van der Waals surface area contributed by atoms with Gasteiger partial charge in [-0.25, -0.2) is 4.79 Å². The van der Waals surface area contributed by atoms with Crippen LogP contribution in [-0.2, 0) is 4.74 Å². The van der Waals surface area contributed by atoms with Crippen molar-refractivity contribution in [3.63, 3.8) is 0 Å². The second-order valence-corrected chi connectivity index (χ2v) is 6.35. The number of thiocarbonyl (C=S) groups is 1. The molecule has 0 radical (unpaired) electrons. The summed E-state index contributed by atoms with van der Waals surface area (Å²) in [5.74, 6) is 0. The second-order valence-electron chi connectivity index (χ2n) is 5.91. The Kier molecular flexibility index (Phi) is 4.58. The number of carbonyl (C=O) groups excluding carboxylic acids is 1. The quantitative estimate of drug-likeness (QED) is 0.757. The topological polar surface area (TPSA) is 55.6 Å². The van der Waals surface area contributed by atoms with Crippen molar-refractivity contribution in [3.05, 3.63) is 0 Å². The first kappa shape index (κ1) is 17.0. The summed E-state index contributed by atoms with van der Waals surface area (Å²) in [6, 6.07) is 0. The van der Waals surface area contributed by atoms with Gasteiger partial charge in [0.25, 0.3) is 0 Å². The van der Waals surface area contributed by atoms with Crippen LogP contribution in [0.1, 0.15) is 33.6 Å². The van der Waals surface area contributed by atoms with Crippen LogP contribution in [0.15, 0.2) is 0 Å². The van der Waals surface area contributed by atoms with Crippen LogP contribution in [0, 0.1) is 5.41 Å². The van der Waals surface area contributed by atoms with Crippen LogP contribution in [0.2, 0.25) is 0 Å². The predicted octanol–water partition coefficient (Wildman–Crippen LogP) is 2.85. The second kappa shape index (κ2) is 5.38. The van der Waals surface area contributed by atoms with Gasteiger partial charge in [0.05, 0.1) is 4.99 Å². The van der Waals surface area contributed by atoms with Gasteiger partial charge in [-0.3, -0.25) is 0 Å². The number of hydrogen-bond acceptors (Lipinski definition) is 3. The molecule has 8 heteroatoms. The normalized spacial score (nSPS) is 19.6. The predicted molar refractivity (Wildman–Crippen MR) is 72.3 cm³/mol. The minimum absolute atomic E-state index is 0.0776. The van der Waals surface area contributed by atoms with Gasteiger partial charge in [-0.2, -0.15) is 13.2 Å². The van der Waals surface area contributed by atoms with Crippen LogP contribution >= 0.6 is 12.2 Å². The van der Waals surface area contributed by atoms with Crippen LogP contribution in [0.4, 0.5) is 18.0 Å². The average molecular weight is 312 g/mol. The van der Waals surface area contributed by atoms with Crippen molar-refractivity contribution < 1.29 is 22.7 Å². The van der Waals surface area contributed by atoms with E-state index in [9.17, 15) is 18.0 Å². The number of rotatable bonds is 1. The van der Waals surface area contributed by atoms with Gasteiger partial charge in [0.2, 0.25) is 0 Å². The molecule has 1 fully saturated rings. The monoisotopic (exact) mass is 312 g/mol. The van der Waals surface area contributed by atoms with Gasteiger partial charge in [0.1, 0.15) is 11.0 Å². The number of carbonyl (C=O) groups is 1. The van der Waals surface area contributed by atoms with E-state index in [1.165, 1.54) is 4.90 Å². The molecule has 1 heterocycles. The van der Waals surface area contributed by atoms with E-state index in [4.69, 9.17) is 10.5 Å². The maximum atomic E-state index is 13.1. The average Bonchev–Trinajstić information content (AvgIpc) is 2.25. The van der Waals surface area contributed by atoms with E-state index in [1.807, 2.05) is 0 Å². The molecule has 1 aliphatic heterocycles. The van der Waals surface area contributed by atoms with Crippen molar-refractivity contribution in [2.45, 2.75) is 45.4 Å². The van der Waals surface area contributed by atoms with Gasteiger partial charge in [-0.1, -0.05) is 12.2 Å². The lowest BCUT2D eigenvalue weighted by Gasteiger charge is -2.42. The zero-order valence-corrected chi connectivity index (χ0v) is 12.5. The number of ether oxygens (including phenoxy) is 1. The third-order valence-corrected chi connectivity index (χ3v) is 3.67. The summed E-state index contributed by atoms with van der Waals surface area (Å²) in [7, 11) is 0. The highest BCUT2D eigenvalue weighted by Crippen LogP contribution is 2.46. The minimum atomic E-state index is -4.50. The molecule has 0 atom stereocenters. The molecule has 0 aromatic rings. The van der Waals surface area contributed by atoms with Crippen LogP contribution in [0.3, 0.4) is 0 Å². The Morgan fingerprint density at radius 2 is 1.70 bits per heavy atom. The summed E-state index contributed by atoms with van der Waals surface area (Å²) in [5, 5.41) is 0. The minimum Gasteiger partial charge on any atom is -0.444 e. The molecule has 0 aromatic heterocycles. The number of alkyl halides is 3. The summed E-state index contributed by atoms with van der Waals surface area (Å²) in [5.41, 5.74) is 2.43. The summed E-state index contributed by atoms with van der Waals surface area (Å²) in [4.78, 5) is 12.5. The van der Waals surface area contributed by atoms with Crippen LogP contribution in [0.25, 0.3) is 0 Å². The van der Waals surface area contributed by atoms with E-state index < -0.39 is 28.3 Å². The van der Waals surface area contributed by atoms with Crippen molar-refractivity contribution in [2.75, 3.05) is 13.1 Å². The Labute approximate surface area is 121 Å². The molecule has 20 heavy (non-hydrogen) atoms. The van der Waals surface area contributed by atoms with E-state index in [0.29, 0.717) is 0 Å². The third kappa shape index (κ3) is 3.53. The lowest BCUT2D eigenvalue weighted by atomic mass is 9.77. The lowest BCUT2D eigenvalue weighted by Crippen LogP contribution is -2.55. The molecule has 1 rings (SSSR count). The molecule has 4 nitrogen and oxygen atoms in total. The lowest BCUT2D eigenvalue weighted by molar-refractivity contribution is -0.208. The molecular formula is C12H19F3N2O2S. The molecule has 116 valence electrons. The Balaban J connectivity index is 2.76. The highest BCUT2D eigenvalue weighted by atomic mass is 32.1. The van der Waals surface area contributed by atoms with Crippen LogP contribution < -0.4 is 5.73 Å². The Morgan fingerprint density at radius 3 is 2.00 bits per heavy atom. The number of hydrogen-bond donors (Lipinski definition) is 1. The summed E-state index contributed by atoms with van der Waals surface area (Å²) in [6.07, 6.45) is -5.77. The van der Waals surface area contributed by atoms with Gasteiger partial charge < -0.3 is 15.4 Å². The third-order valence-electron chi connectivity index (χ3n) is 3.28. The Morgan fingerprint density at radius 1 is 1.25 bits per heavy atom. The van der Waals surface area contributed by atoms with E-state index in [0.717, 1.165) is 0 Å². The molecule has 1 aliphatic rings. The van der Waals surface area contributed by atoms with Gasteiger partial charge >= 0.3 is 12.3 Å². The van der Waals surface area contributed by atoms with Gasteiger partial charge in [0, 0.05) is 13.1 Å². The number of halogens is 3. The van der Waals surface area contributed by atoms with Crippen molar-refractivity contribution in [3.8, 4) is 0 Å². The van der Waals surface area contributed by atoms with E-state index in [2.05, 4.69) is 12.2 Å². The molecule has 0 spiro atoms. The van der Waals surface area contributed by atoms with Gasteiger partial charge in [-0.05, 0) is 33.6 Å². The van der Waals surface area contributed by atoms with E-state index in [-0.39, 0.29) is 25.9 Å². The summed E-state index contributed by atoms with van der Waals surface area (Å²) < 4.78 is 44.6. The molecule has 0 bridgehead atoms. The first-order valence-electron chi connectivity index (χ1n) is 6.24. The molecular weight excluding hydrogens is 293 g/mol. The van der Waals surface area contributed by atoms with Crippen molar-refractivity contribution in [1.29, 1.82) is 0 Å². The fraction of sp³-hybridized carbons (Fsp3) is 0.833. The smallest absolute Gasteiger partial charge is 0.410 e. The van der Waals surface area contributed by atoms with E-state index in [1.54, 1.807) is 20.8 Å². The summed E-state index contributed by atoms with van der Waals surface area (Å²) in [6.45, 7) is 4.94. The zero-order valence-electron chi connectivity index (χ0n) is 11.7. The maximum absolute atomic E-state index is 13.1. The maximum Gasteiger partial charge on any atom is 0.410 e. The van der Waals surface area contributed by atoms with Gasteiger partial charge in [0.15, 0.2) is 0 Å². The SMILES string of the molecule is CC(C)(C)OC(=O)N1CCC(C(N)=S)(C(F)(F)F)CC1. The van der Waals surface area contributed by atoms with Crippen LogP contribution in [-0.4, -0.2) is 40.8 Å². The number of nitrogens with two attached hydrogens (primary N) is 1. The Bertz CT molecular complexity index is 396. The first-order valence-corrected chi connectivity index (χ1v) is 6.64. The first-order chi connectivity index (χ1) is 8.89. The molecule has 2 N–H and O–H groups in total. The summed E-state index contributed by atoms with van der Waals surface area (Å²) >= 11 is 4.59. The van der Waals surface area contributed by atoms with E-state index >= 15 is 0 Å². The highest BCUT2D eigenvalue weighted by molar-refractivity contribution is 7.80.